The Balaban J connectivity index is 2.07. The first-order valence-corrected chi connectivity index (χ1v) is 7.07. The third-order valence-corrected chi connectivity index (χ3v) is 4.74. The lowest BCUT2D eigenvalue weighted by molar-refractivity contribution is -0.141. The molecule has 1 amide bonds. The minimum Gasteiger partial charge on any atom is -0.338 e. The Morgan fingerprint density at radius 1 is 1.29 bits per heavy atom. The van der Waals surface area contributed by atoms with E-state index >= 15 is 0 Å². The van der Waals surface area contributed by atoms with E-state index in [1.54, 1.807) is 0 Å². The van der Waals surface area contributed by atoms with E-state index in [0.29, 0.717) is 18.5 Å². The Morgan fingerprint density at radius 2 is 2.06 bits per heavy atom. The van der Waals surface area contributed by atoms with Crippen LogP contribution < -0.4 is 5.73 Å². The van der Waals surface area contributed by atoms with Crippen LogP contribution in [-0.2, 0) is 4.79 Å². The number of nitrogens with two attached hydrogens (primary N) is 1. The summed E-state index contributed by atoms with van der Waals surface area (Å²) in [5, 5.41) is 0. The van der Waals surface area contributed by atoms with Gasteiger partial charge in [0.25, 0.3) is 0 Å². The monoisotopic (exact) mass is 238 g/mol. The molecule has 2 N–H and O–H groups in total. The maximum Gasteiger partial charge on any atom is 0.226 e. The molecule has 0 aromatic carbocycles. The van der Waals surface area contributed by atoms with Gasteiger partial charge in [0.05, 0.1) is 0 Å². The van der Waals surface area contributed by atoms with Crippen LogP contribution >= 0.6 is 0 Å². The zero-order valence-electron chi connectivity index (χ0n) is 11.2. The summed E-state index contributed by atoms with van der Waals surface area (Å²) in [6, 6.07) is 0.299. The van der Waals surface area contributed by atoms with Crippen LogP contribution in [0.3, 0.4) is 0 Å². The maximum atomic E-state index is 12.7. The van der Waals surface area contributed by atoms with Crippen molar-refractivity contribution in [1.82, 2.24) is 4.90 Å². The van der Waals surface area contributed by atoms with Crippen molar-refractivity contribution in [3.63, 3.8) is 0 Å². The first-order valence-electron chi connectivity index (χ1n) is 7.07. The van der Waals surface area contributed by atoms with E-state index in [1.807, 2.05) is 0 Å². The Hall–Kier alpha value is -0.570. The SMILES string of the molecule is CC1(C)CCCC1C(=O)N1CCCCC1CN. The number of hydrogen-bond donors (Lipinski definition) is 1. The number of carbonyl (C=O) groups is 1. The van der Waals surface area contributed by atoms with Gasteiger partial charge in [-0.15, -0.1) is 0 Å². The first-order chi connectivity index (χ1) is 8.06. The number of hydrogen-bond acceptors (Lipinski definition) is 2. The lowest BCUT2D eigenvalue weighted by atomic mass is 9.80. The van der Waals surface area contributed by atoms with Gasteiger partial charge in [-0.25, -0.2) is 0 Å². The number of likely N-dealkylation sites (tertiary alicyclic amines) is 1. The Labute approximate surface area is 105 Å². The van der Waals surface area contributed by atoms with Crippen molar-refractivity contribution in [2.75, 3.05) is 13.1 Å². The highest BCUT2D eigenvalue weighted by molar-refractivity contribution is 5.80. The summed E-state index contributed by atoms with van der Waals surface area (Å²) in [5.41, 5.74) is 5.99. The molecule has 3 heteroatoms. The Kier molecular flexibility index (Phi) is 3.76. The molecule has 1 saturated heterocycles. The summed E-state index contributed by atoms with van der Waals surface area (Å²) >= 11 is 0. The number of carbonyl (C=O) groups excluding carboxylic acids is 1. The molecule has 0 aromatic heterocycles. The molecule has 2 atom stereocenters. The average molecular weight is 238 g/mol. The molecule has 1 aliphatic carbocycles. The van der Waals surface area contributed by atoms with Gasteiger partial charge in [-0.05, 0) is 37.5 Å². The summed E-state index contributed by atoms with van der Waals surface area (Å²) in [7, 11) is 0. The molecule has 0 radical (unpaired) electrons. The molecule has 0 bridgehead atoms. The minimum atomic E-state index is 0.188. The highest BCUT2D eigenvalue weighted by Gasteiger charge is 2.42. The number of nitrogens with zero attached hydrogens (tertiary/aromatic N) is 1. The smallest absolute Gasteiger partial charge is 0.226 e. The molecule has 1 heterocycles. The van der Waals surface area contributed by atoms with Gasteiger partial charge in [-0.1, -0.05) is 20.3 Å². The van der Waals surface area contributed by atoms with Crippen molar-refractivity contribution in [1.29, 1.82) is 0 Å². The van der Waals surface area contributed by atoms with E-state index in [2.05, 4.69) is 18.7 Å². The lowest BCUT2D eigenvalue weighted by Gasteiger charge is -2.39. The van der Waals surface area contributed by atoms with Crippen molar-refractivity contribution >= 4 is 5.91 Å². The topological polar surface area (TPSA) is 46.3 Å². The van der Waals surface area contributed by atoms with E-state index in [4.69, 9.17) is 5.73 Å². The van der Waals surface area contributed by atoms with Crippen LogP contribution in [0.1, 0.15) is 52.4 Å². The van der Waals surface area contributed by atoms with Crippen LogP contribution in [0.15, 0.2) is 0 Å². The predicted molar refractivity (Wildman–Crippen MR) is 69.5 cm³/mol. The van der Waals surface area contributed by atoms with Crippen molar-refractivity contribution in [3.8, 4) is 0 Å². The van der Waals surface area contributed by atoms with Gasteiger partial charge in [0.1, 0.15) is 0 Å². The van der Waals surface area contributed by atoms with Crippen molar-refractivity contribution in [2.45, 2.75) is 58.4 Å². The molecule has 0 spiro atoms. The van der Waals surface area contributed by atoms with Gasteiger partial charge in [0.15, 0.2) is 0 Å². The van der Waals surface area contributed by atoms with Gasteiger partial charge in [-0.2, -0.15) is 0 Å². The fourth-order valence-corrected chi connectivity index (χ4v) is 3.52. The van der Waals surface area contributed by atoms with Crippen LogP contribution in [0.25, 0.3) is 0 Å². The molecule has 1 aliphatic heterocycles. The summed E-state index contributed by atoms with van der Waals surface area (Å²) in [4.78, 5) is 14.7. The van der Waals surface area contributed by atoms with Crippen LogP contribution in [0.2, 0.25) is 0 Å². The zero-order chi connectivity index (χ0) is 12.5. The highest BCUT2D eigenvalue weighted by atomic mass is 16.2. The molecule has 2 rings (SSSR count). The highest BCUT2D eigenvalue weighted by Crippen LogP contribution is 2.44. The molecule has 1 saturated carbocycles. The number of amides is 1. The van der Waals surface area contributed by atoms with Crippen LogP contribution in [0, 0.1) is 11.3 Å². The molecule has 0 aromatic rings. The van der Waals surface area contributed by atoms with Crippen LogP contribution in [-0.4, -0.2) is 29.9 Å². The summed E-state index contributed by atoms with van der Waals surface area (Å²) < 4.78 is 0. The second kappa shape index (κ2) is 4.97. The predicted octanol–water partition coefficient (Wildman–Crippen LogP) is 2.15. The third-order valence-electron chi connectivity index (χ3n) is 4.74. The first kappa shape index (κ1) is 12.9. The molecular weight excluding hydrogens is 212 g/mol. The largest absolute Gasteiger partial charge is 0.338 e. The zero-order valence-corrected chi connectivity index (χ0v) is 11.2. The van der Waals surface area contributed by atoms with E-state index in [9.17, 15) is 4.79 Å². The normalized spacial score (nSPS) is 32.8. The van der Waals surface area contributed by atoms with E-state index in [-0.39, 0.29) is 11.3 Å². The van der Waals surface area contributed by atoms with E-state index in [0.717, 1.165) is 25.8 Å². The Morgan fingerprint density at radius 3 is 2.65 bits per heavy atom. The fraction of sp³-hybridized carbons (Fsp3) is 0.929. The van der Waals surface area contributed by atoms with Gasteiger partial charge in [0, 0.05) is 25.0 Å². The van der Waals surface area contributed by atoms with Crippen LogP contribution in [0.5, 0.6) is 0 Å². The summed E-state index contributed by atoms with van der Waals surface area (Å²) in [6.45, 7) is 6.03. The van der Waals surface area contributed by atoms with Crippen molar-refractivity contribution < 1.29 is 4.79 Å². The minimum absolute atomic E-state index is 0.188. The molecule has 2 unspecified atom stereocenters. The van der Waals surface area contributed by atoms with Crippen molar-refractivity contribution in [2.24, 2.45) is 17.1 Å². The summed E-state index contributed by atoms with van der Waals surface area (Å²) in [6.07, 6.45) is 6.92. The molecular formula is C14H26N2O. The molecule has 2 aliphatic rings. The fourth-order valence-electron chi connectivity index (χ4n) is 3.52. The number of piperidine rings is 1. The van der Waals surface area contributed by atoms with E-state index < -0.39 is 0 Å². The average Bonchev–Trinajstić information content (AvgIpc) is 2.68. The molecule has 98 valence electrons. The number of rotatable bonds is 2. The van der Waals surface area contributed by atoms with Gasteiger partial charge < -0.3 is 10.6 Å². The maximum absolute atomic E-state index is 12.7. The van der Waals surface area contributed by atoms with Crippen LogP contribution in [0.4, 0.5) is 0 Å². The molecule has 3 nitrogen and oxygen atoms in total. The van der Waals surface area contributed by atoms with Crippen molar-refractivity contribution in [3.05, 3.63) is 0 Å². The van der Waals surface area contributed by atoms with Gasteiger partial charge >= 0.3 is 0 Å². The second-order valence-corrected chi connectivity index (χ2v) is 6.35. The third kappa shape index (κ3) is 2.49. The quantitative estimate of drug-likeness (QED) is 0.801. The van der Waals surface area contributed by atoms with Gasteiger partial charge in [0.2, 0.25) is 5.91 Å². The standard InChI is InChI=1S/C14H26N2O/c1-14(2)8-5-7-12(14)13(17)16-9-4-3-6-11(16)10-15/h11-12H,3-10,15H2,1-2H3. The second-order valence-electron chi connectivity index (χ2n) is 6.35. The molecule has 17 heavy (non-hydrogen) atoms. The molecule has 2 fully saturated rings. The summed E-state index contributed by atoms with van der Waals surface area (Å²) in [5.74, 6) is 0.609. The Bertz CT molecular complexity index is 288. The lowest BCUT2D eigenvalue weighted by Crippen LogP contribution is -2.51. The van der Waals surface area contributed by atoms with Gasteiger partial charge in [-0.3, -0.25) is 4.79 Å². The van der Waals surface area contributed by atoms with E-state index in [1.165, 1.54) is 19.3 Å².